The van der Waals surface area contributed by atoms with Crippen LogP contribution < -0.4 is 5.32 Å². The van der Waals surface area contributed by atoms with Gasteiger partial charge in [0.05, 0.1) is 5.75 Å². The number of carbonyl (C=O) groups is 1. The first-order chi connectivity index (χ1) is 12.0. The second kappa shape index (κ2) is 7.70. The van der Waals surface area contributed by atoms with Gasteiger partial charge < -0.3 is 14.6 Å². The lowest BCUT2D eigenvalue weighted by molar-refractivity contribution is 0.0465. The van der Waals surface area contributed by atoms with E-state index < -0.39 is 17.2 Å². The molecule has 0 spiro atoms. The van der Waals surface area contributed by atoms with Gasteiger partial charge in [-0.3, -0.25) is 0 Å². The van der Waals surface area contributed by atoms with Gasteiger partial charge in [0.2, 0.25) is 5.89 Å². The molecular formula is C19H27N3O3S. The fourth-order valence-electron chi connectivity index (χ4n) is 2.13. The van der Waals surface area contributed by atoms with Crippen LogP contribution in [0.3, 0.4) is 0 Å². The Balaban J connectivity index is 1.99. The predicted octanol–water partition coefficient (Wildman–Crippen LogP) is 4.74. The molecule has 6 nitrogen and oxygen atoms in total. The fourth-order valence-corrected chi connectivity index (χ4v) is 2.96. The number of amides is 1. The maximum absolute atomic E-state index is 12.0. The smallest absolute Gasteiger partial charge is 0.408 e. The molecule has 2 rings (SSSR count). The molecule has 0 aliphatic heterocycles. The van der Waals surface area contributed by atoms with Gasteiger partial charge in [-0.1, -0.05) is 11.2 Å². The molecule has 0 saturated heterocycles. The highest BCUT2D eigenvalue weighted by Crippen LogP contribution is 2.25. The van der Waals surface area contributed by atoms with Gasteiger partial charge in [-0.05, 0) is 71.7 Å². The largest absolute Gasteiger partial charge is 0.444 e. The van der Waals surface area contributed by atoms with Crippen molar-refractivity contribution >= 4 is 17.9 Å². The van der Waals surface area contributed by atoms with Gasteiger partial charge in [0.25, 0.3) is 0 Å². The Kier molecular flexibility index (Phi) is 6.01. The minimum absolute atomic E-state index is 0.416. The first-order valence-electron chi connectivity index (χ1n) is 8.50. The lowest BCUT2D eigenvalue weighted by atomic mass is 10.1. The highest BCUT2D eigenvalue weighted by Gasteiger charge is 2.30. The van der Waals surface area contributed by atoms with Crippen molar-refractivity contribution in [2.24, 2.45) is 0 Å². The molecule has 2 aromatic rings. The van der Waals surface area contributed by atoms with Crippen molar-refractivity contribution in [2.45, 2.75) is 70.3 Å². The number of hydrogen-bond acceptors (Lipinski definition) is 6. The molecule has 0 fully saturated rings. The lowest BCUT2D eigenvalue weighted by Gasteiger charge is -2.26. The standard InChI is InChI=1S/C19H27N3O3S/c1-12-8-9-14(10-13(12)2)26-11-15-20-16(22-25-15)19(6,7)21-17(23)24-18(3,4)5/h8-10H,11H2,1-7H3,(H,21,23). The van der Waals surface area contributed by atoms with E-state index in [9.17, 15) is 4.79 Å². The fraction of sp³-hybridized carbons (Fsp3) is 0.526. The summed E-state index contributed by atoms with van der Waals surface area (Å²) in [5.41, 5.74) is 1.16. The normalized spacial score (nSPS) is 12.1. The quantitative estimate of drug-likeness (QED) is 0.759. The van der Waals surface area contributed by atoms with Gasteiger partial charge in [0, 0.05) is 4.90 Å². The molecule has 1 heterocycles. The first kappa shape index (κ1) is 20.3. The maximum atomic E-state index is 12.0. The van der Waals surface area contributed by atoms with Crippen LogP contribution in [0.1, 0.15) is 57.5 Å². The first-order valence-corrected chi connectivity index (χ1v) is 9.49. The number of benzene rings is 1. The number of nitrogens with one attached hydrogen (secondary N) is 1. The van der Waals surface area contributed by atoms with Crippen molar-refractivity contribution in [3.05, 3.63) is 41.0 Å². The van der Waals surface area contributed by atoms with Crippen LogP contribution in [0.5, 0.6) is 0 Å². The van der Waals surface area contributed by atoms with Crippen LogP contribution in [0.15, 0.2) is 27.6 Å². The van der Waals surface area contributed by atoms with E-state index in [0.29, 0.717) is 17.5 Å². The van der Waals surface area contributed by atoms with Gasteiger partial charge in [-0.15, -0.1) is 11.8 Å². The number of carbonyl (C=O) groups excluding carboxylic acids is 1. The summed E-state index contributed by atoms with van der Waals surface area (Å²) in [5, 5.41) is 6.79. The van der Waals surface area contributed by atoms with E-state index in [1.807, 2.05) is 34.6 Å². The highest BCUT2D eigenvalue weighted by atomic mass is 32.2. The summed E-state index contributed by atoms with van der Waals surface area (Å²) in [6, 6.07) is 6.33. The molecule has 0 bridgehead atoms. The minimum Gasteiger partial charge on any atom is -0.444 e. The number of alkyl carbamates (subject to hydrolysis) is 1. The molecule has 142 valence electrons. The molecule has 0 aliphatic carbocycles. The Morgan fingerprint density at radius 3 is 2.50 bits per heavy atom. The number of rotatable bonds is 5. The van der Waals surface area contributed by atoms with Crippen molar-refractivity contribution in [1.82, 2.24) is 15.5 Å². The number of ether oxygens (including phenoxy) is 1. The minimum atomic E-state index is -0.796. The van der Waals surface area contributed by atoms with Crippen LogP contribution in [0, 0.1) is 13.8 Å². The molecule has 0 saturated carbocycles. The Hall–Kier alpha value is -2.02. The second-order valence-corrected chi connectivity index (χ2v) is 8.85. The van der Waals surface area contributed by atoms with Crippen LogP contribution >= 0.6 is 11.8 Å². The monoisotopic (exact) mass is 377 g/mol. The van der Waals surface area contributed by atoms with E-state index in [4.69, 9.17) is 9.26 Å². The molecule has 1 aromatic carbocycles. The third-order valence-electron chi connectivity index (χ3n) is 3.68. The number of aromatic nitrogens is 2. The Labute approximate surface area is 159 Å². The topological polar surface area (TPSA) is 77.2 Å². The molecule has 26 heavy (non-hydrogen) atoms. The molecule has 0 atom stereocenters. The SMILES string of the molecule is Cc1ccc(SCc2nc(C(C)(C)NC(=O)OC(C)(C)C)no2)cc1C. The molecule has 0 radical (unpaired) electrons. The average molecular weight is 378 g/mol. The van der Waals surface area contributed by atoms with Gasteiger partial charge in [-0.25, -0.2) is 4.79 Å². The van der Waals surface area contributed by atoms with Crippen molar-refractivity contribution < 1.29 is 14.1 Å². The molecule has 7 heteroatoms. The summed E-state index contributed by atoms with van der Waals surface area (Å²) in [5.74, 6) is 1.50. The molecule has 1 N–H and O–H groups in total. The third kappa shape index (κ3) is 5.76. The molecule has 0 unspecified atom stereocenters. The van der Waals surface area contributed by atoms with Crippen molar-refractivity contribution in [3.63, 3.8) is 0 Å². The van der Waals surface area contributed by atoms with E-state index in [1.54, 1.807) is 11.8 Å². The van der Waals surface area contributed by atoms with Crippen LogP contribution in [0.25, 0.3) is 0 Å². The van der Waals surface area contributed by atoms with E-state index in [2.05, 4.69) is 47.5 Å². The summed E-state index contributed by atoms with van der Waals surface area (Å²) in [7, 11) is 0. The Bertz CT molecular complexity index is 779. The Morgan fingerprint density at radius 2 is 1.88 bits per heavy atom. The van der Waals surface area contributed by atoms with E-state index in [0.717, 1.165) is 4.90 Å². The average Bonchev–Trinajstić information content (AvgIpc) is 2.95. The summed E-state index contributed by atoms with van der Waals surface area (Å²) >= 11 is 1.63. The summed E-state index contributed by atoms with van der Waals surface area (Å²) < 4.78 is 10.6. The third-order valence-corrected chi connectivity index (χ3v) is 4.66. The summed E-state index contributed by atoms with van der Waals surface area (Å²) in [4.78, 5) is 17.6. The molecule has 0 aliphatic rings. The van der Waals surface area contributed by atoms with Crippen molar-refractivity contribution in [2.75, 3.05) is 0 Å². The number of nitrogens with zero attached hydrogens (tertiary/aromatic N) is 2. The highest BCUT2D eigenvalue weighted by molar-refractivity contribution is 7.98. The van der Waals surface area contributed by atoms with Crippen molar-refractivity contribution in [1.29, 1.82) is 0 Å². The van der Waals surface area contributed by atoms with Gasteiger partial charge >= 0.3 is 6.09 Å². The number of aryl methyl sites for hydroxylation is 2. The molecule has 1 amide bonds. The van der Waals surface area contributed by atoms with E-state index in [1.165, 1.54) is 11.1 Å². The zero-order valence-corrected chi connectivity index (χ0v) is 17.3. The second-order valence-electron chi connectivity index (χ2n) is 7.80. The van der Waals surface area contributed by atoms with Gasteiger partial charge in [-0.2, -0.15) is 4.98 Å². The van der Waals surface area contributed by atoms with Gasteiger partial charge in [0.1, 0.15) is 11.1 Å². The van der Waals surface area contributed by atoms with Crippen LogP contribution in [-0.4, -0.2) is 21.8 Å². The molecule has 1 aromatic heterocycles. The zero-order chi connectivity index (χ0) is 19.5. The van der Waals surface area contributed by atoms with E-state index >= 15 is 0 Å². The van der Waals surface area contributed by atoms with Crippen molar-refractivity contribution in [3.8, 4) is 0 Å². The number of thioether (sulfide) groups is 1. The Morgan fingerprint density at radius 1 is 1.19 bits per heavy atom. The lowest BCUT2D eigenvalue weighted by Crippen LogP contribution is -2.44. The maximum Gasteiger partial charge on any atom is 0.408 e. The van der Waals surface area contributed by atoms with Gasteiger partial charge in [0.15, 0.2) is 5.82 Å². The number of hydrogen-bond donors (Lipinski definition) is 1. The summed E-state index contributed by atoms with van der Waals surface area (Å²) in [6.07, 6.45) is -0.515. The van der Waals surface area contributed by atoms with Crippen LogP contribution in [-0.2, 0) is 16.0 Å². The van der Waals surface area contributed by atoms with Crippen LogP contribution in [0.2, 0.25) is 0 Å². The van der Waals surface area contributed by atoms with E-state index in [-0.39, 0.29) is 0 Å². The molecular weight excluding hydrogens is 350 g/mol. The van der Waals surface area contributed by atoms with Crippen LogP contribution in [0.4, 0.5) is 4.79 Å². The zero-order valence-electron chi connectivity index (χ0n) is 16.5. The summed E-state index contributed by atoms with van der Waals surface area (Å²) in [6.45, 7) is 13.2. The predicted molar refractivity (Wildman–Crippen MR) is 102 cm³/mol.